The largest absolute Gasteiger partial charge is 0.480 e. The lowest BCUT2D eigenvalue weighted by Crippen LogP contribution is -2.48. The minimum atomic E-state index is -1.37. The summed E-state index contributed by atoms with van der Waals surface area (Å²) in [6.45, 7) is 0.437. The van der Waals surface area contributed by atoms with Crippen molar-refractivity contribution in [1.82, 2.24) is 5.32 Å². The second-order valence-electron chi connectivity index (χ2n) is 2.28. The molecule has 0 aliphatic carbocycles. The quantitative estimate of drug-likeness (QED) is 0.394. The smallest absolute Gasteiger partial charge is 0.328 e. The maximum absolute atomic E-state index is 10.5. The van der Waals surface area contributed by atoms with E-state index in [9.17, 15) is 9.59 Å². The first kappa shape index (κ1) is 10.9. The van der Waals surface area contributed by atoms with E-state index in [0.29, 0.717) is 0 Å². The number of aliphatic hydroxyl groups is 2. The lowest BCUT2D eigenvalue weighted by atomic mass is 10.2. The van der Waals surface area contributed by atoms with Crippen LogP contribution in [0.3, 0.4) is 0 Å². The van der Waals surface area contributed by atoms with E-state index in [-0.39, 0.29) is 0 Å². The first-order valence-corrected chi connectivity index (χ1v) is 3.30. The van der Waals surface area contributed by atoms with Crippen LogP contribution in [0.2, 0.25) is 0 Å². The molecular weight excluding hydrogens is 166 g/mol. The summed E-state index contributed by atoms with van der Waals surface area (Å²) in [6, 6.07) is -1.37. The molecule has 0 heterocycles. The second-order valence-corrected chi connectivity index (χ2v) is 2.28. The Balaban J connectivity index is 4.14. The van der Waals surface area contributed by atoms with Crippen LogP contribution >= 0.6 is 0 Å². The van der Waals surface area contributed by atoms with Gasteiger partial charge in [0, 0.05) is 0 Å². The molecule has 0 aliphatic rings. The Kier molecular flexibility index (Phi) is 4.24. The summed E-state index contributed by atoms with van der Waals surface area (Å²) in [6.07, 6.45) is -1.20. The zero-order valence-corrected chi connectivity index (χ0v) is 6.52. The molecule has 0 aromatic rings. The molecule has 0 aromatic carbocycles. The van der Waals surface area contributed by atoms with Gasteiger partial charge < -0.3 is 20.6 Å². The molecule has 0 saturated carbocycles. The van der Waals surface area contributed by atoms with Crippen LogP contribution in [0.25, 0.3) is 0 Å². The molecule has 6 heteroatoms. The summed E-state index contributed by atoms with van der Waals surface area (Å²) in [7, 11) is 0. The van der Waals surface area contributed by atoms with Gasteiger partial charge in [0.2, 0.25) is 5.91 Å². The van der Waals surface area contributed by atoms with Crippen molar-refractivity contribution in [2.24, 2.45) is 0 Å². The van der Waals surface area contributed by atoms with E-state index in [0.717, 1.165) is 0 Å². The molecule has 70 valence electrons. The lowest BCUT2D eigenvalue weighted by Gasteiger charge is -2.15. The Labute approximate surface area is 68.8 Å². The molecule has 0 aliphatic heterocycles. The van der Waals surface area contributed by atoms with Gasteiger partial charge in [0.15, 0.2) is 6.04 Å². The first-order chi connectivity index (χ1) is 5.49. The van der Waals surface area contributed by atoms with E-state index in [1.807, 2.05) is 5.32 Å². The molecular formula is C6H11NO5. The number of carboxylic acid groups (broad SMARTS) is 1. The highest BCUT2D eigenvalue weighted by molar-refractivity contribution is 5.84. The number of rotatable bonds is 4. The molecule has 1 unspecified atom stereocenters. The van der Waals surface area contributed by atoms with Crippen molar-refractivity contribution < 1.29 is 24.9 Å². The normalized spacial score (nSPS) is 14.9. The van der Waals surface area contributed by atoms with Crippen LogP contribution in [-0.2, 0) is 9.59 Å². The highest BCUT2D eigenvalue weighted by Crippen LogP contribution is 1.92. The van der Waals surface area contributed by atoms with Gasteiger partial charge in [0.1, 0.15) is 6.61 Å². The number of carboxylic acids is 1. The monoisotopic (exact) mass is 177 g/mol. The SMILES string of the molecule is CC(O)[C@H](NC(=O)CO)C(=O)O. The molecule has 12 heavy (non-hydrogen) atoms. The fourth-order valence-electron chi connectivity index (χ4n) is 0.608. The number of nitrogens with one attached hydrogen (secondary N) is 1. The van der Waals surface area contributed by atoms with Gasteiger partial charge in [0.05, 0.1) is 6.10 Å². The van der Waals surface area contributed by atoms with Crippen LogP contribution in [0.15, 0.2) is 0 Å². The van der Waals surface area contributed by atoms with E-state index >= 15 is 0 Å². The predicted octanol–water partition coefficient (Wildman–Crippen LogP) is -2.07. The number of hydrogen-bond acceptors (Lipinski definition) is 4. The third-order valence-electron chi connectivity index (χ3n) is 1.21. The van der Waals surface area contributed by atoms with Crippen molar-refractivity contribution >= 4 is 11.9 Å². The summed E-state index contributed by atoms with van der Waals surface area (Å²) >= 11 is 0. The van der Waals surface area contributed by atoms with Crippen LogP contribution in [0.4, 0.5) is 0 Å². The van der Waals surface area contributed by atoms with E-state index in [1.165, 1.54) is 6.92 Å². The predicted molar refractivity (Wildman–Crippen MR) is 38.3 cm³/mol. The number of amides is 1. The summed E-state index contributed by atoms with van der Waals surface area (Å²) in [4.78, 5) is 20.8. The highest BCUT2D eigenvalue weighted by atomic mass is 16.4. The van der Waals surface area contributed by atoms with Gasteiger partial charge in [0.25, 0.3) is 0 Å². The molecule has 1 amide bonds. The Morgan fingerprint density at radius 1 is 1.50 bits per heavy atom. The number of aliphatic carboxylic acids is 1. The van der Waals surface area contributed by atoms with Crippen molar-refractivity contribution in [3.8, 4) is 0 Å². The number of hydrogen-bond donors (Lipinski definition) is 4. The fraction of sp³-hybridized carbons (Fsp3) is 0.667. The standard InChI is InChI=1S/C6H11NO5/c1-3(9)5(6(11)12)7-4(10)2-8/h3,5,8-9H,2H2,1H3,(H,7,10)(H,11,12)/t3?,5-/m0/s1. The van der Waals surface area contributed by atoms with Crippen molar-refractivity contribution in [2.75, 3.05) is 6.61 Å². The molecule has 6 nitrogen and oxygen atoms in total. The second kappa shape index (κ2) is 4.68. The molecule has 4 N–H and O–H groups in total. The average molecular weight is 177 g/mol. The molecule has 0 rings (SSSR count). The molecule has 0 bridgehead atoms. The topological polar surface area (TPSA) is 107 Å². The Bertz CT molecular complexity index is 179. The van der Waals surface area contributed by atoms with Crippen LogP contribution < -0.4 is 5.32 Å². The zero-order valence-electron chi connectivity index (χ0n) is 6.52. The Morgan fingerprint density at radius 3 is 2.25 bits per heavy atom. The number of aliphatic hydroxyl groups excluding tert-OH is 2. The summed E-state index contributed by atoms with van der Waals surface area (Å²) in [5, 5.41) is 27.5. The maximum Gasteiger partial charge on any atom is 0.328 e. The van der Waals surface area contributed by atoms with Gasteiger partial charge in [-0.2, -0.15) is 0 Å². The van der Waals surface area contributed by atoms with Crippen molar-refractivity contribution in [3.05, 3.63) is 0 Å². The minimum Gasteiger partial charge on any atom is -0.480 e. The van der Waals surface area contributed by atoms with Crippen LogP contribution in [-0.4, -0.2) is 45.9 Å². The molecule has 0 aromatic heterocycles. The summed E-state index contributed by atoms with van der Waals surface area (Å²) < 4.78 is 0. The summed E-state index contributed by atoms with van der Waals surface area (Å²) in [5.41, 5.74) is 0. The third kappa shape index (κ3) is 3.31. The maximum atomic E-state index is 10.5. The molecule has 0 spiro atoms. The van der Waals surface area contributed by atoms with Gasteiger partial charge in [-0.3, -0.25) is 4.79 Å². The number of carbonyl (C=O) groups excluding carboxylic acids is 1. The lowest BCUT2D eigenvalue weighted by molar-refractivity contribution is -0.145. The van der Waals surface area contributed by atoms with Gasteiger partial charge in [-0.25, -0.2) is 4.79 Å². The Hall–Kier alpha value is -1.14. The van der Waals surface area contributed by atoms with Crippen LogP contribution in [0, 0.1) is 0 Å². The molecule has 0 fully saturated rings. The molecule has 0 radical (unpaired) electrons. The number of carbonyl (C=O) groups is 2. The fourth-order valence-corrected chi connectivity index (χ4v) is 0.608. The van der Waals surface area contributed by atoms with Crippen molar-refractivity contribution in [3.63, 3.8) is 0 Å². The molecule has 2 atom stereocenters. The van der Waals surface area contributed by atoms with Crippen LogP contribution in [0.1, 0.15) is 6.92 Å². The van der Waals surface area contributed by atoms with Crippen molar-refractivity contribution in [2.45, 2.75) is 19.1 Å². The van der Waals surface area contributed by atoms with Gasteiger partial charge in [-0.1, -0.05) is 0 Å². The summed E-state index contributed by atoms with van der Waals surface area (Å²) in [5.74, 6) is -2.17. The molecule has 0 saturated heterocycles. The van der Waals surface area contributed by atoms with E-state index in [2.05, 4.69) is 0 Å². The van der Waals surface area contributed by atoms with Crippen molar-refractivity contribution in [1.29, 1.82) is 0 Å². The zero-order chi connectivity index (χ0) is 9.72. The Morgan fingerprint density at radius 2 is 2.00 bits per heavy atom. The van der Waals surface area contributed by atoms with Gasteiger partial charge >= 0.3 is 5.97 Å². The third-order valence-corrected chi connectivity index (χ3v) is 1.21. The highest BCUT2D eigenvalue weighted by Gasteiger charge is 2.24. The van der Waals surface area contributed by atoms with Gasteiger partial charge in [-0.05, 0) is 6.92 Å². The van der Waals surface area contributed by atoms with E-state index in [4.69, 9.17) is 15.3 Å². The first-order valence-electron chi connectivity index (χ1n) is 3.30. The van der Waals surface area contributed by atoms with Gasteiger partial charge in [-0.15, -0.1) is 0 Å². The minimum absolute atomic E-state index is 0.795. The van der Waals surface area contributed by atoms with Crippen LogP contribution in [0.5, 0.6) is 0 Å². The van der Waals surface area contributed by atoms with E-state index in [1.54, 1.807) is 0 Å². The average Bonchev–Trinajstić information content (AvgIpc) is 1.98. The van der Waals surface area contributed by atoms with E-state index < -0.39 is 30.6 Å².